The fourth-order valence-electron chi connectivity index (χ4n) is 6.46. The van der Waals surface area contributed by atoms with E-state index in [9.17, 15) is 19.1 Å². The topological polar surface area (TPSA) is 100 Å². The molecule has 6 rings (SSSR count). The van der Waals surface area contributed by atoms with Crippen molar-refractivity contribution in [3.05, 3.63) is 57.2 Å². The van der Waals surface area contributed by atoms with E-state index in [1.54, 1.807) is 9.42 Å². The number of piperidine rings is 1. The van der Waals surface area contributed by atoms with E-state index in [-0.39, 0.29) is 36.4 Å². The van der Waals surface area contributed by atoms with Crippen molar-refractivity contribution < 1.29 is 23.8 Å². The van der Waals surface area contributed by atoms with Crippen LogP contribution >= 0.6 is 11.6 Å². The average Bonchev–Trinajstić information content (AvgIpc) is 3.46. The van der Waals surface area contributed by atoms with Gasteiger partial charge >= 0.3 is 5.97 Å². The van der Waals surface area contributed by atoms with Crippen LogP contribution in [-0.4, -0.2) is 66.1 Å². The van der Waals surface area contributed by atoms with Crippen LogP contribution in [0.2, 0.25) is 5.02 Å². The number of carbonyl (C=O) groups is 2. The quantitative estimate of drug-likeness (QED) is 0.521. The van der Waals surface area contributed by atoms with Crippen molar-refractivity contribution in [3.8, 4) is 5.75 Å². The number of fused-ring (bicyclic) bond motifs is 5. The molecular formula is C27H29ClFN5O4. The molecular weight excluding hydrogens is 513 g/mol. The number of hydrogen-bond donors (Lipinski definition) is 1. The highest BCUT2D eigenvalue weighted by Gasteiger charge is 2.46. The Morgan fingerprint density at radius 1 is 1.21 bits per heavy atom. The molecule has 38 heavy (non-hydrogen) atoms. The van der Waals surface area contributed by atoms with E-state index >= 15 is 0 Å². The van der Waals surface area contributed by atoms with Crippen LogP contribution in [0.5, 0.6) is 5.75 Å². The lowest BCUT2D eigenvalue weighted by atomic mass is 9.97. The number of carboxylic acids is 1. The maximum absolute atomic E-state index is 14.3. The Morgan fingerprint density at radius 2 is 2.00 bits per heavy atom. The van der Waals surface area contributed by atoms with E-state index in [1.807, 2.05) is 18.7 Å². The van der Waals surface area contributed by atoms with Gasteiger partial charge in [0, 0.05) is 30.1 Å². The highest BCUT2D eigenvalue weighted by Crippen LogP contribution is 2.41. The first kappa shape index (κ1) is 25.1. The van der Waals surface area contributed by atoms with Gasteiger partial charge in [-0.3, -0.25) is 14.5 Å². The molecule has 2 aromatic heterocycles. The summed E-state index contributed by atoms with van der Waals surface area (Å²) >= 11 is 6.35. The molecule has 2 saturated heterocycles. The van der Waals surface area contributed by atoms with Gasteiger partial charge in [0.1, 0.15) is 17.7 Å². The summed E-state index contributed by atoms with van der Waals surface area (Å²) in [4.78, 5) is 33.3. The standard InChI is InChI=1S/C27H29ClFN5O4/c1-13-6-17-8-18(9-22(13)33(17)12-24(35)36)38-23-7-16(29)4-5-19(23)27(37)32-10-20-21(11-32)31-34-15(3)25(28)14(2)30-26(20)34/h4-5,7,13,17-18,22H,6,8-12H2,1-3H3,(H,35,36)/t13-,17+,18-,22+/m1/s1. The van der Waals surface area contributed by atoms with E-state index in [0.29, 0.717) is 53.8 Å². The third-order valence-corrected chi connectivity index (χ3v) is 8.81. The zero-order valence-electron chi connectivity index (χ0n) is 21.4. The third kappa shape index (κ3) is 4.10. The monoisotopic (exact) mass is 541 g/mol. The first-order valence-electron chi connectivity index (χ1n) is 12.9. The maximum atomic E-state index is 14.3. The minimum Gasteiger partial charge on any atom is -0.489 e. The number of rotatable bonds is 5. The fourth-order valence-corrected chi connectivity index (χ4v) is 6.59. The summed E-state index contributed by atoms with van der Waals surface area (Å²) in [6.45, 7) is 6.50. The molecule has 3 aliphatic heterocycles. The van der Waals surface area contributed by atoms with Crippen molar-refractivity contribution >= 4 is 29.1 Å². The first-order chi connectivity index (χ1) is 18.1. The Balaban J connectivity index is 1.23. The molecule has 1 aromatic carbocycles. The summed E-state index contributed by atoms with van der Waals surface area (Å²) in [7, 11) is 0. The van der Waals surface area contributed by atoms with Crippen molar-refractivity contribution in [2.24, 2.45) is 5.92 Å². The largest absolute Gasteiger partial charge is 0.489 e. The Morgan fingerprint density at radius 3 is 2.74 bits per heavy atom. The summed E-state index contributed by atoms with van der Waals surface area (Å²) < 4.78 is 22.3. The van der Waals surface area contributed by atoms with Gasteiger partial charge in [0.05, 0.1) is 47.3 Å². The molecule has 0 unspecified atom stereocenters. The lowest BCUT2D eigenvalue weighted by Gasteiger charge is -2.38. The molecule has 0 aliphatic carbocycles. The molecule has 11 heteroatoms. The maximum Gasteiger partial charge on any atom is 0.317 e. The Hall–Kier alpha value is -3.24. The van der Waals surface area contributed by atoms with Crippen LogP contribution in [0.4, 0.5) is 4.39 Å². The Kier molecular flexibility index (Phi) is 6.07. The van der Waals surface area contributed by atoms with E-state index in [0.717, 1.165) is 23.4 Å². The molecule has 0 saturated carbocycles. The van der Waals surface area contributed by atoms with Crippen molar-refractivity contribution in [2.75, 3.05) is 6.54 Å². The van der Waals surface area contributed by atoms with E-state index < -0.39 is 11.8 Å². The number of aliphatic carboxylic acids is 1. The van der Waals surface area contributed by atoms with Crippen LogP contribution in [0.1, 0.15) is 59.2 Å². The fraction of sp³-hybridized carbons (Fsp3) is 0.481. The molecule has 3 aromatic rings. The third-order valence-electron chi connectivity index (χ3n) is 8.26. The summed E-state index contributed by atoms with van der Waals surface area (Å²) in [5, 5.41) is 14.5. The number of aryl methyl sites for hydroxylation is 2. The minimum absolute atomic E-state index is 0.00923. The van der Waals surface area contributed by atoms with E-state index in [4.69, 9.17) is 16.3 Å². The molecule has 0 spiro atoms. The summed E-state index contributed by atoms with van der Waals surface area (Å²) in [5.41, 5.74) is 4.12. The lowest BCUT2D eigenvalue weighted by Crippen LogP contribution is -2.49. The van der Waals surface area contributed by atoms with Gasteiger partial charge in [0.2, 0.25) is 0 Å². The summed E-state index contributed by atoms with van der Waals surface area (Å²) in [6.07, 6.45) is 1.94. The highest BCUT2D eigenvalue weighted by atomic mass is 35.5. The molecule has 200 valence electrons. The molecule has 4 atom stereocenters. The number of carboxylic acid groups (broad SMARTS) is 1. The number of halogens is 2. The number of ether oxygens (including phenoxy) is 1. The second-order valence-corrected chi connectivity index (χ2v) is 11.1. The average molecular weight is 542 g/mol. The molecule has 5 heterocycles. The number of aromatic nitrogens is 3. The zero-order valence-corrected chi connectivity index (χ0v) is 22.2. The van der Waals surface area contributed by atoms with E-state index in [1.165, 1.54) is 18.2 Å². The SMILES string of the molecule is Cc1nc2c3c(nn2c(C)c1Cl)CN(C(=O)c1ccc(F)cc1O[C@@H]1C[C@@H]2C[C@@H](C)[C@H](C1)N2CC(=O)O)C3. The second-order valence-electron chi connectivity index (χ2n) is 10.8. The molecule has 0 radical (unpaired) electrons. The molecule has 1 N–H and O–H groups in total. The predicted octanol–water partition coefficient (Wildman–Crippen LogP) is 4.00. The second kappa shape index (κ2) is 9.20. The van der Waals surface area contributed by atoms with Gasteiger partial charge in [0.15, 0.2) is 5.65 Å². The predicted molar refractivity (Wildman–Crippen MR) is 137 cm³/mol. The van der Waals surface area contributed by atoms with Crippen LogP contribution in [0.3, 0.4) is 0 Å². The van der Waals surface area contributed by atoms with Gasteiger partial charge in [-0.25, -0.2) is 13.9 Å². The van der Waals surface area contributed by atoms with Gasteiger partial charge < -0.3 is 14.7 Å². The van der Waals surface area contributed by atoms with Gasteiger partial charge in [-0.05, 0) is 44.7 Å². The van der Waals surface area contributed by atoms with Gasteiger partial charge in [-0.1, -0.05) is 18.5 Å². The number of benzene rings is 1. The Bertz CT molecular complexity index is 1480. The first-order valence-corrected chi connectivity index (χ1v) is 13.2. The lowest BCUT2D eigenvalue weighted by molar-refractivity contribution is -0.140. The molecule has 1 amide bonds. The van der Waals surface area contributed by atoms with E-state index in [2.05, 4.69) is 17.0 Å². The minimum atomic E-state index is -0.839. The van der Waals surface area contributed by atoms with Gasteiger partial charge in [0.25, 0.3) is 5.91 Å². The Labute approximate surface area is 224 Å². The van der Waals surface area contributed by atoms with Gasteiger partial charge in [-0.15, -0.1) is 0 Å². The van der Waals surface area contributed by atoms with Crippen LogP contribution in [-0.2, 0) is 17.9 Å². The number of carbonyl (C=O) groups excluding carboxylic acids is 1. The number of nitrogens with zero attached hydrogens (tertiary/aromatic N) is 5. The normalized spacial score (nSPS) is 24.7. The van der Waals surface area contributed by atoms with Gasteiger partial charge in [-0.2, -0.15) is 5.10 Å². The van der Waals surface area contributed by atoms with Crippen molar-refractivity contribution in [1.29, 1.82) is 0 Å². The highest BCUT2D eigenvalue weighted by molar-refractivity contribution is 6.31. The molecule has 2 fully saturated rings. The number of amides is 1. The molecule has 2 bridgehead atoms. The van der Waals surface area contributed by atoms with Crippen LogP contribution < -0.4 is 4.74 Å². The summed E-state index contributed by atoms with van der Waals surface area (Å²) in [5.74, 6) is -1.02. The molecule has 9 nitrogen and oxygen atoms in total. The molecule has 3 aliphatic rings. The number of hydrogen-bond acceptors (Lipinski definition) is 6. The zero-order chi connectivity index (χ0) is 26.9. The van der Waals surface area contributed by atoms with Crippen molar-refractivity contribution in [1.82, 2.24) is 24.4 Å². The van der Waals surface area contributed by atoms with Crippen LogP contribution in [0.25, 0.3) is 5.65 Å². The van der Waals surface area contributed by atoms with Crippen LogP contribution in [0, 0.1) is 25.6 Å². The van der Waals surface area contributed by atoms with Crippen LogP contribution in [0.15, 0.2) is 18.2 Å². The summed E-state index contributed by atoms with van der Waals surface area (Å²) in [6, 6.07) is 4.19. The smallest absolute Gasteiger partial charge is 0.317 e. The van der Waals surface area contributed by atoms with Crippen molar-refractivity contribution in [2.45, 2.75) is 71.3 Å². The van der Waals surface area contributed by atoms with Crippen molar-refractivity contribution in [3.63, 3.8) is 0 Å².